The maximum absolute atomic E-state index is 12.0. The van der Waals surface area contributed by atoms with E-state index in [-0.39, 0.29) is 0 Å². The Labute approximate surface area is 164 Å². The van der Waals surface area contributed by atoms with Crippen LogP contribution in [0.2, 0.25) is 0 Å². The fourth-order valence-electron chi connectivity index (χ4n) is 3.09. The van der Waals surface area contributed by atoms with Crippen LogP contribution in [0.1, 0.15) is 31.2 Å². The number of benzene rings is 1. The molecule has 1 aromatic carbocycles. The van der Waals surface area contributed by atoms with Crippen molar-refractivity contribution in [2.45, 2.75) is 31.2 Å². The molecule has 1 aromatic rings. The fraction of sp³-hybridized carbons (Fsp3) is 0.450. The van der Waals surface area contributed by atoms with E-state index in [1.165, 1.54) is 33.5 Å². The number of methoxy groups -OCH3 is 3. The van der Waals surface area contributed by atoms with Crippen LogP contribution in [0.3, 0.4) is 0 Å². The van der Waals surface area contributed by atoms with E-state index in [0.717, 1.165) is 12.8 Å². The summed E-state index contributed by atoms with van der Waals surface area (Å²) in [6.45, 7) is -0.443. The van der Waals surface area contributed by atoms with E-state index in [2.05, 4.69) is 11.4 Å². The minimum atomic E-state index is -0.838. The van der Waals surface area contributed by atoms with Gasteiger partial charge in [-0.3, -0.25) is 4.79 Å². The van der Waals surface area contributed by atoms with Crippen molar-refractivity contribution >= 4 is 18.0 Å². The predicted octanol–water partition coefficient (Wildman–Crippen LogP) is 2.22. The van der Waals surface area contributed by atoms with Gasteiger partial charge in [-0.1, -0.05) is 0 Å². The SMILES string of the molecule is COc1cc(/C=C/C(=O)OCC(=O)NC2(C#N)CCCC2)cc(OC)c1OC. The third-order valence-electron chi connectivity index (χ3n) is 4.49. The van der Waals surface area contributed by atoms with Crippen molar-refractivity contribution in [2.24, 2.45) is 0 Å². The number of carbonyl (C=O) groups excluding carboxylic acids is 2. The predicted molar refractivity (Wildman–Crippen MR) is 101 cm³/mol. The molecule has 0 unspecified atom stereocenters. The first-order chi connectivity index (χ1) is 13.5. The molecule has 8 nitrogen and oxygen atoms in total. The zero-order chi connectivity index (χ0) is 20.6. The van der Waals surface area contributed by atoms with E-state index in [1.54, 1.807) is 12.1 Å². The molecule has 0 bridgehead atoms. The third kappa shape index (κ3) is 5.16. The summed E-state index contributed by atoms with van der Waals surface area (Å²) in [6.07, 6.45) is 5.73. The molecule has 1 saturated carbocycles. The highest BCUT2D eigenvalue weighted by molar-refractivity contribution is 5.89. The van der Waals surface area contributed by atoms with Crippen LogP contribution >= 0.6 is 0 Å². The van der Waals surface area contributed by atoms with Crippen LogP contribution in [0.15, 0.2) is 18.2 Å². The van der Waals surface area contributed by atoms with Crippen LogP contribution in [0.25, 0.3) is 6.08 Å². The molecular formula is C20H24N2O6. The lowest BCUT2D eigenvalue weighted by atomic mass is 10.00. The smallest absolute Gasteiger partial charge is 0.331 e. The fourth-order valence-corrected chi connectivity index (χ4v) is 3.09. The summed E-state index contributed by atoms with van der Waals surface area (Å²) in [4.78, 5) is 23.9. The van der Waals surface area contributed by atoms with Crippen molar-refractivity contribution in [1.29, 1.82) is 5.26 Å². The molecule has 1 N–H and O–H groups in total. The van der Waals surface area contributed by atoms with Gasteiger partial charge >= 0.3 is 5.97 Å². The molecule has 0 saturated heterocycles. The van der Waals surface area contributed by atoms with Crippen LogP contribution in [0.5, 0.6) is 17.2 Å². The Bertz CT molecular complexity index is 765. The first-order valence-electron chi connectivity index (χ1n) is 8.84. The van der Waals surface area contributed by atoms with E-state index >= 15 is 0 Å². The summed E-state index contributed by atoms with van der Waals surface area (Å²) in [5.41, 5.74) is -0.208. The number of amides is 1. The lowest BCUT2D eigenvalue weighted by Gasteiger charge is -2.21. The molecule has 0 radical (unpaired) electrons. The maximum Gasteiger partial charge on any atom is 0.331 e. The number of nitriles is 1. The Morgan fingerprint density at radius 1 is 1.14 bits per heavy atom. The van der Waals surface area contributed by atoms with Gasteiger partial charge in [-0.2, -0.15) is 5.26 Å². The molecule has 0 aromatic heterocycles. The average molecular weight is 388 g/mol. The Morgan fingerprint density at radius 3 is 2.25 bits per heavy atom. The molecule has 150 valence electrons. The van der Waals surface area contributed by atoms with Crippen molar-refractivity contribution in [1.82, 2.24) is 5.32 Å². The number of hydrogen-bond donors (Lipinski definition) is 1. The summed E-state index contributed by atoms with van der Waals surface area (Å²) in [5, 5.41) is 11.9. The average Bonchev–Trinajstić information content (AvgIpc) is 3.18. The first kappa shape index (κ1) is 21.1. The molecule has 28 heavy (non-hydrogen) atoms. The molecule has 1 aliphatic carbocycles. The van der Waals surface area contributed by atoms with Gasteiger partial charge in [-0.05, 0) is 49.5 Å². The topological polar surface area (TPSA) is 107 Å². The van der Waals surface area contributed by atoms with Gasteiger partial charge in [0, 0.05) is 6.08 Å². The van der Waals surface area contributed by atoms with E-state index in [1.807, 2.05) is 0 Å². The Hall–Kier alpha value is -3.21. The Kier molecular flexibility index (Phi) is 7.27. The summed E-state index contributed by atoms with van der Waals surface area (Å²) in [5.74, 6) is 0.180. The molecule has 0 spiro atoms. The van der Waals surface area contributed by atoms with Crippen molar-refractivity contribution in [3.8, 4) is 23.3 Å². The van der Waals surface area contributed by atoms with Crippen molar-refractivity contribution in [3.63, 3.8) is 0 Å². The van der Waals surface area contributed by atoms with E-state index in [4.69, 9.17) is 18.9 Å². The van der Waals surface area contributed by atoms with Gasteiger partial charge in [-0.15, -0.1) is 0 Å². The minimum Gasteiger partial charge on any atom is -0.493 e. The van der Waals surface area contributed by atoms with E-state index < -0.39 is 24.0 Å². The number of ether oxygens (including phenoxy) is 4. The number of nitrogens with zero attached hydrogens (tertiary/aromatic N) is 1. The van der Waals surface area contributed by atoms with E-state index in [0.29, 0.717) is 35.7 Å². The number of rotatable bonds is 8. The molecule has 1 fully saturated rings. The number of carbonyl (C=O) groups is 2. The van der Waals surface area contributed by atoms with Gasteiger partial charge in [0.1, 0.15) is 5.54 Å². The van der Waals surface area contributed by atoms with Gasteiger partial charge in [0.15, 0.2) is 18.1 Å². The molecule has 0 heterocycles. The monoisotopic (exact) mass is 388 g/mol. The van der Waals surface area contributed by atoms with Crippen LogP contribution < -0.4 is 19.5 Å². The van der Waals surface area contributed by atoms with E-state index in [9.17, 15) is 14.9 Å². The highest BCUT2D eigenvalue weighted by Crippen LogP contribution is 2.38. The zero-order valence-corrected chi connectivity index (χ0v) is 16.2. The second-order valence-electron chi connectivity index (χ2n) is 6.35. The Balaban J connectivity index is 1.95. The second-order valence-corrected chi connectivity index (χ2v) is 6.35. The molecule has 1 aliphatic rings. The lowest BCUT2D eigenvalue weighted by molar-refractivity contribution is -0.144. The molecule has 0 aliphatic heterocycles. The van der Waals surface area contributed by atoms with Crippen LogP contribution in [-0.4, -0.2) is 45.4 Å². The highest BCUT2D eigenvalue weighted by Gasteiger charge is 2.35. The van der Waals surface area contributed by atoms with Crippen molar-refractivity contribution in [3.05, 3.63) is 23.8 Å². The van der Waals surface area contributed by atoms with Gasteiger partial charge in [0.05, 0.1) is 27.4 Å². The van der Waals surface area contributed by atoms with Gasteiger partial charge < -0.3 is 24.3 Å². The summed E-state index contributed by atoms with van der Waals surface area (Å²) >= 11 is 0. The minimum absolute atomic E-state index is 0.443. The summed E-state index contributed by atoms with van der Waals surface area (Å²) < 4.78 is 20.7. The quantitative estimate of drug-likeness (QED) is 0.537. The third-order valence-corrected chi connectivity index (χ3v) is 4.49. The largest absolute Gasteiger partial charge is 0.493 e. The molecule has 1 amide bonds. The zero-order valence-electron chi connectivity index (χ0n) is 16.2. The van der Waals surface area contributed by atoms with Crippen LogP contribution in [-0.2, 0) is 14.3 Å². The number of hydrogen-bond acceptors (Lipinski definition) is 7. The molecule has 8 heteroatoms. The van der Waals surface area contributed by atoms with Gasteiger partial charge in [-0.25, -0.2) is 4.79 Å². The Morgan fingerprint density at radius 2 is 1.75 bits per heavy atom. The van der Waals surface area contributed by atoms with Gasteiger partial charge in [0.2, 0.25) is 5.75 Å². The normalized spacial score (nSPS) is 14.9. The molecular weight excluding hydrogens is 364 g/mol. The molecule has 2 rings (SSSR count). The van der Waals surface area contributed by atoms with Crippen molar-refractivity contribution < 1.29 is 28.5 Å². The van der Waals surface area contributed by atoms with Crippen LogP contribution in [0, 0.1) is 11.3 Å². The maximum atomic E-state index is 12.0. The standard InChI is InChI=1S/C20H24N2O6/c1-25-15-10-14(11-16(26-2)19(15)27-3)6-7-18(24)28-12-17(23)22-20(13-21)8-4-5-9-20/h6-7,10-11H,4-5,8-9,12H2,1-3H3,(H,22,23)/b7-6+. The van der Waals surface area contributed by atoms with Crippen molar-refractivity contribution in [2.75, 3.05) is 27.9 Å². The van der Waals surface area contributed by atoms with Crippen LogP contribution in [0.4, 0.5) is 0 Å². The lowest BCUT2D eigenvalue weighted by Crippen LogP contribution is -2.46. The van der Waals surface area contributed by atoms with Gasteiger partial charge in [0.25, 0.3) is 5.91 Å². The summed E-state index contributed by atoms with van der Waals surface area (Å²) in [6, 6.07) is 5.50. The number of nitrogens with one attached hydrogen (secondary N) is 1. The molecule has 0 atom stereocenters. The first-order valence-corrected chi connectivity index (χ1v) is 8.84. The summed E-state index contributed by atoms with van der Waals surface area (Å²) in [7, 11) is 4.49. The highest BCUT2D eigenvalue weighted by atomic mass is 16.5. The number of esters is 1. The second kappa shape index (κ2) is 9.65.